The Morgan fingerprint density at radius 1 is 1.05 bits per heavy atom. The van der Waals surface area contributed by atoms with Crippen molar-refractivity contribution in [2.75, 3.05) is 11.9 Å². The van der Waals surface area contributed by atoms with Gasteiger partial charge >= 0.3 is 29.6 Å². The molecule has 0 fully saturated rings. The van der Waals surface area contributed by atoms with Crippen LogP contribution >= 0.6 is 23.2 Å². The maximum absolute atomic E-state index is 13.4. The molecule has 4 aromatic carbocycles. The van der Waals surface area contributed by atoms with Crippen molar-refractivity contribution in [2.45, 2.75) is 25.2 Å². The van der Waals surface area contributed by atoms with E-state index in [4.69, 9.17) is 27.9 Å². The minimum absolute atomic E-state index is 0. The van der Waals surface area contributed by atoms with Gasteiger partial charge in [0.2, 0.25) is 0 Å². The van der Waals surface area contributed by atoms with Gasteiger partial charge in [-0.1, -0.05) is 60.1 Å². The van der Waals surface area contributed by atoms with Crippen LogP contribution in [0, 0.1) is 0 Å². The summed E-state index contributed by atoms with van der Waals surface area (Å²) in [7, 11) is -4.50. The Morgan fingerprint density at radius 3 is 2.42 bits per heavy atom. The number of nitrogens with one attached hydrogen (secondary N) is 1. The summed E-state index contributed by atoms with van der Waals surface area (Å²) < 4.78 is 38.3. The van der Waals surface area contributed by atoms with Crippen molar-refractivity contribution in [1.29, 1.82) is 0 Å². The summed E-state index contributed by atoms with van der Waals surface area (Å²) in [5.74, 6) is -0.844. The molecule has 1 amide bonds. The molecule has 2 N–H and O–H groups in total. The molecule has 0 atom stereocenters. The zero-order valence-corrected chi connectivity index (χ0v) is 26.1. The van der Waals surface area contributed by atoms with Crippen LogP contribution in [0.3, 0.4) is 0 Å². The van der Waals surface area contributed by atoms with Gasteiger partial charge in [0, 0.05) is 17.0 Å². The number of rotatable bonds is 8. The number of fused-ring (bicyclic) bond motifs is 1. The van der Waals surface area contributed by atoms with Crippen LogP contribution in [0.25, 0.3) is 10.8 Å². The van der Waals surface area contributed by atoms with Gasteiger partial charge in [0.15, 0.2) is 0 Å². The molecule has 0 radical (unpaired) electrons. The van der Waals surface area contributed by atoms with Gasteiger partial charge in [0.05, 0.1) is 32.9 Å². The monoisotopic (exact) mass is 609 g/mol. The number of nitrogens with zero attached hydrogens (tertiary/aromatic N) is 2. The second-order valence-electron chi connectivity index (χ2n) is 8.26. The maximum Gasteiger partial charge on any atom is 1.00 e. The summed E-state index contributed by atoms with van der Waals surface area (Å²) in [6.45, 7) is 3.95. The van der Waals surface area contributed by atoms with E-state index in [1.165, 1.54) is 12.1 Å². The van der Waals surface area contributed by atoms with Crippen LogP contribution in [0.15, 0.2) is 75.8 Å². The number of carbonyl (C=O) groups is 1. The predicted octanol–water partition coefficient (Wildman–Crippen LogP) is 4.10. The van der Waals surface area contributed by atoms with E-state index >= 15 is 0 Å². The fraction of sp³-hybridized carbons (Fsp3) is 0.148. The summed E-state index contributed by atoms with van der Waals surface area (Å²) in [4.78, 5) is 12.8. The van der Waals surface area contributed by atoms with Crippen LogP contribution in [-0.4, -0.2) is 25.5 Å². The van der Waals surface area contributed by atoms with E-state index < -0.39 is 21.8 Å². The smallest absolute Gasteiger partial charge is 0.870 e. The minimum atomic E-state index is -4.50. The Bertz CT molecular complexity index is 1730. The number of amides is 1. The molecule has 0 saturated heterocycles. The van der Waals surface area contributed by atoms with E-state index in [9.17, 15) is 22.9 Å². The van der Waals surface area contributed by atoms with Crippen LogP contribution in [0.2, 0.25) is 10.0 Å². The van der Waals surface area contributed by atoms with Gasteiger partial charge in [-0.3, -0.25) is 9.35 Å². The van der Waals surface area contributed by atoms with Crippen molar-refractivity contribution in [3.63, 3.8) is 0 Å². The number of carbonyl (C=O) groups excluding carboxylic acids is 1. The molecular weight excluding hydrogens is 588 g/mol. The van der Waals surface area contributed by atoms with Crippen LogP contribution in [0.4, 0.5) is 17.1 Å². The SMILES string of the molecule is CCOc1ccc(NC(=O)c2cc3ccccc3c(N=Nc3ccc(S(=O)(=O)O)c(CC)c3Cl)c2[O-])c(Cl)c1.[Na+]. The third kappa shape index (κ3) is 6.77. The molecule has 4 aromatic rings. The molecule has 13 heteroatoms. The Hall–Kier alpha value is -2.70. The van der Waals surface area contributed by atoms with Gasteiger partial charge in [0.1, 0.15) is 11.4 Å². The van der Waals surface area contributed by atoms with Gasteiger partial charge in [-0.15, -0.1) is 5.11 Å². The van der Waals surface area contributed by atoms with Gasteiger partial charge in [-0.25, -0.2) is 0 Å². The quantitative estimate of drug-likeness (QED) is 0.175. The summed E-state index contributed by atoms with van der Waals surface area (Å²) in [5.41, 5.74) is 0.237. The van der Waals surface area contributed by atoms with Gasteiger partial charge < -0.3 is 15.2 Å². The molecule has 0 aromatic heterocycles. The standard InChI is InChI=1S/C27H23Cl2N3O6S.Na/c1-3-17-23(39(35,36)37)12-11-22(24(17)29)31-32-25-18-8-6-5-7-15(18)13-19(26(25)33)27(34)30-21-10-9-16(38-4-2)14-20(21)28;/h5-14,33H,3-4H2,1-2H3,(H,30,34)(H,35,36,37);/q;+1/p-1. The van der Waals surface area contributed by atoms with Crippen LogP contribution in [0.5, 0.6) is 11.5 Å². The number of benzene rings is 4. The first kappa shape index (κ1) is 31.8. The molecule has 0 heterocycles. The third-order valence-corrected chi connectivity index (χ3v) is 7.46. The molecule has 0 aliphatic heterocycles. The number of anilines is 1. The number of hydrogen-bond acceptors (Lipinski definition) is 7. The molecule has 202 valence electrons. The van der Waals surface area contributed by atoms with Gasteiger partial charge in [-0.05, 0) is 54.6 Å². The second-order valence-corrected chi connectivity index (χ2v) is 10.4. The number of ether oxygens (including phenoxy) is 1. The fourth-order valence-electron chi connectivity index (χ4n) is 3.96. The topological polar surface area (TPSA) is 140 Å². The molecule has 40 heavy (non-hydrogen) atoms. The van der Waals surface area contributed by atoms with E-state index in [2.05, 4.69) is 15.5 Å². The van der Waals surface area contributed by atoms with Crippen molar-refractivity contribution in [3.8, 4) is 11.5 Å². The second kappa shape index (κ2) is 13.3. The van der Waals surface area contributed by atoms with E-state index in [1.807, 2.05) is 6.92 Å². The molecule has 9 nitrogen and oxygen atoms in total. The Balaban J connectivity index is 0.00000441. The number of azo groups is 1. The molecule has 0 saturated carbocycles. The van der Waals surface area contributed by atoms with E-state index in [0.29, 0.717) is 28.8 Å². The van der Waals surface area contributed by atoms with Crippen molar-refractivity contribution in [1.82, 2.24) is 0 Å². The van der Waals surface area contributed by atoms with E-state index in [0.717, 1.165) is 6.07 Å². The minimum Gasteiger partial charge on any atom is -0.870 e. The molecular formula is C27H22Cl2N3NaO6S. The zero-order chi connectivity index (χ0) is 28.3. The van der Waals surface area contributed by atoms with Crippen LogP contribution in [0.1, 0.15) is 29.8 Å². The summed E-state index contributed by atoms with van der Waals surface area (Å²) in [6.07, 6.45) is 0.191. The molecule has 0 spiro atoms. The average Bonchev–Trinajstić information content (AvgIpc) is 2.89. The first-order chi connectivity index (χ1) is 18.5. The van der Waals surface area contributed by atoms with Gasteiger partial charge in [0.25, 0.3) is 16.0 Å². The van der Waals surface area contributed by atoms with Crippen LogP contribution in [-0.2, 0) is 16.5 Å². The third-order valence-electron chi connectivity index (χ3n) is 5.79. The predicted molar refractivity (Wildman–Crippen MR) is 149 cm³/mol. The Morgan fingerprint density at radius 2 is 1.77 bits per heavy atom. The summed E-state index contributed by atoms with van der Waals surface area (Å²) >= 11 is 12.7. The van der Waals surface area contributed by atoms with E-state index in [1.54, 1.807) is 49.4 Å². The van der Waals surface area contributed by atoms with Gasteiger partial charge in [-0.2, -0.15) is 13.5 Å². The van der Waals surface area contributed by atoms with Crippen molar-refractivity contribution < 1.29 is 57.2 Å². The maximum atomic E-state index is 13.4. The Labute approximate surface area is 263 Å². The first-order valence-corrected chi connectivity index (χ1v) is 13.9. The first-order valence-electron chi connectivity index (χ1n) is 11.7. The fourth-order valence-corrected chi connectivity index (χ4v) is 5.37. The molecule has 0 aliphatic carbocycles. The summed E-state index contributed by atoms with van der Waals surface area (Å²) in [6, 6.07) is 15.5. The normalized spacial score (nSPS) is 11.4. The average molecular weight is 610 g/mol. The summed E-state index contributed by atoms with van der Waals surface area (Å²) in [5, 5.41) is 25.5. The molecule has 0 bridgehead atoms. The molecule has 0 unspecified atom stereocenters. The van der Waals surface area contributed by atoms with E-state index in [-0.39, 0.29) is 73.4 Å². The van der Waals surface area contributed by atoms with Crippen molar-refractivity contribution >= 4 is 67.1 Å². The van der Waals surface area contributed by atoms with Crippen LogP contribution < -0.4 is 44.7 Å². The van der Waals surface area contributed by atoms with Crippen molar-refractivity contribution in [2.24, 2.45) is 10.2 Å². The number of hydrogen-bond donors (Lipinski definition) is 2. The number of halogens is 2. The molecule has 0 aliphatic rings. The largest absolute Gasteiger partial charge is 1.00 e. The molecule has 4 rings (SSSR count). The Kier molecular flexibility index (Phi) is 10.6. The zero-order valence-electron chi connectivity index (χ0n) is 21.7. The van der Waals surface area contributed by atoms with Crippen molar-refractivity contribution in [3.05, 3.63) is 81.8 Å².